The van der Waals surface area contributed by atoms with Gasteiger partial charge in [0.1, 0.15) is 5.69 Å². The fraction of sp³-hybridized carbons (Fsp3) is 0. The summed E-state index contributed by atoms with van der Waals surface area (Å²) in [6.07, 6.45) is 0. The summed E-state index contributed by atoms with van der Waals surface area (Å²) in [5.41, 5.74) is -0.946. The van der Waals surface area contributed by atoms with E-state index in [1.165, 1.54) is 6.07 Å². The van der Waals surface area contributed by atoms with Crippen LogP contribution in [0.5, 0.6) is 0 Å². The van der Waals surface area contributed by atoms with E-state index in [0.29, 0.717) is 5.02 Å². The molecule has 2 rings (SSSR count). The highest BCUT2D eigenvalue weighted by Crippen LogP contribution is 2.33. The van der Waals surface area contributed by atoms with Crippen LogP contribution in [0.1, 0.15) is 0 Å². The number of nitro benzene ring substituents is 2. The molecule has 2 aromatic carbocycles. The highest BCUT2D eigenvalue weighted by Gasteiger charge is 2.19. The molecular weight excluding hydrogens is 365 g/mol. The predicted molar refractivity (Wildman–Crippen MR) is 90.0 cm³/mol. The summed E-state index contributed by atoms with van der Waals surface area (Å²) in [5, 5.41) is 22.3. The maximum atomic E-state index is 11.0. The molecule has 0 radical (unpaired) electrons. The van der Waals surface area contributed by atoms with Crippen molar-refractivity contribution in [3.8, 4) is 0 Å². The van der Waals surface area contributed by atoms with Crippen molar-refractivity contribution in [1.82, 2.24) is 0 Å². The number of halogens is 2. The van der Waals surface area contributed by atoms with Gasteiger partial charge < -0.3 is 0 Å². The van der Waals surface area contributed by atoms with Gasteiger partial charge in [0.25, 0.3) is 5.69 Å². The second-order valence-corrected chi connectivity index (χ2v) is 6.19. The molecule has 0 saturated carbocycles. The molecule has 0 aromatic heterocycles. The Morgan fingerprint density at radius 3 is 2.26 bits per heavy atom. The first-order valence-corrected chi connectivity index (χ1v) is 7.54. The fourth-order valence-electron chi connectivity index (χ4n) is 1.58. The van der Waals surface area contributed by atoms with E-state index in [4.69, 9.17) is 23.2 Å². The number of hydrogen-bond acceptors (Lipinski definition) is 6. The molecule has 0 atom stereocenters. The summed E-state index contributed by atoms with van der Waals surface area (Å²) >= 11 is 12.8. The van der Waals surface area contributed by atoms with Crippen LogP contribution in [0.4, 0.5) is 17.1 Å². The lowest BCUT2D eigenvalue weighted by molar-refractivity contribution is -0.393. The SMILES string of the molecule is O=[N+]([O-])c1ccc(N=C(Cl)Sc2ccc(Cl)cc2)c([N+](=O)[O-])c1. The van der Waals surface area contributed by atoms with Crippen LogP contribution in [0.3, 0.4) is 0 Å². The Balaban J connectivity index is 2.31. The Labute approximate surface area is 144 Å². The number of non-ortho nitro benzene ring substituents is 1. The van der Waals surface area contributed by atoms with Gasteiger partial charge in [0.2, 0.25) is 0 Å². The molecule has 0 aliphatic carbocycles. The maximum absolute atomic E-state index is 11.0. The van der Waals surface area contributed by atoms with Crippen LogP contribution >= 0.6 is 35.0 Å². The highest BCUT2D eigenvalue weighted by atomic mass is 35.5. The van der Waals surface area contributed by atoms with Crippen molar-refractivity contribution in [3.63, 3.8) is 0 Å². The lowest BCUT2D eigenvalue weighted by Crippen LogP contribution is -1.93. The average molecular weight is 372 g/mol. The standard InChI is InChI=1S/C13H7Cl2N3O4S/c14-8-1-4-10(5-2-8)23-13(15)16-11-6-3-9(17(19)20)7-12(11)18(21)22/h1-7H. The van der Waals surface area contributed by atoms with Gasteiger partial charge in [-0.3, -0.25) is 20.2 Å². The molecule has 23 heavy (non-hydrogen) atoms. The Bertz CT molecular complexity index is 796. The van der Waals surface area contributed by atoms with Gasteiger partial charge in [0.05, 0.1) is 15.9 Å². The molecule has 118 valence electrons. The second kappa shape index (κ2) is 7.40. The third-order valence-corrected chi connectivity index (χ3v) is 3.93. The summed E-state index contributed by atoms with van der Waals surface area (Å²) in [5.74, 6) is 0. The Hall–Kier alpha value is -2.16. The average Bonchev–Trinajstić information content (AvgIpc) is 2.49. The summed E-state index contributed by atoms with van der Waals surface area (Å²) in [7, 11) is 0. The van der Waals surface area contributed by atoms with E-state index < -0.39 is 21.2 Å². The first-order chi connectivity index (χ1) is 10.9. The van der Waals surface area contributed by atoms with Crippen LogP contribution in [0, 0.1) is 20.2 Å². The number of nitro groups is 2. The van der Waals surface area contributed by atoms with Crippen molar-refractivity contribution in [2.45, 2.75) is 4.90 Å². The summed E-state index contributed by atoms with van der Waals surface area (Å²) in [6.45, 7) is 0. The predicted octanol–water partition coefficient (Wildman–Crippen LogP) is 5.18. The van der Waals surface area contributed by atoms with Crippen molar-refractivity contribution in [2.75, 3.05) is 0 Å². The van der Waals surface area contributed by atoms with E-state index in [9.17, 15) is 20.2 Å². The molecule has 0 saturated heterocycles. The molecule has 0 amide bonds. The van der Waals surface area contributed by atoms with Crippen LogP contribution < -0.4 is 0 Å². The van der Waals surface area contributed by atoms with Gasteiger partial charge in [0.15, 0.2) is 4.50 Å². The summed E-state index contributed by atoms with van der Waals surface area (Å²) < 4.78 is 0.0317. The molecule has 0 spiro atoms. The third-order valence-electron chi connectivity index (χ3n) is 2.59. The molecule has 7 nitrogen and oxygen atoms in total. The molecule has 2 aromatic rings. The van der Waals surface area contributed by atoms with Gasteiger partial charge in [-0.1, -0.05) is 35.0 Å². The van der Waals surface area contributed by atoms with Crippen molar-refractivity contribution in [1.29, 1.82) is 0 Å². The van der Waals surface area contributed by atoms with E-state index in [1.54, 1.807) is 24.3 Å². The monoisotopic (exact) mass is 371 g/mol. The van der Waals surface area contributed by atoms with Crippen molar-refractivity contribution in [3.05, 3.63) is 67.7 Å². The number of nitrogens with zero attached hydrogens (tertiary/aromatic N) is 3. The molecule has 0 aliphatic heterocycles. The van der Waals surface area contributed by atoms with Crippen LogP contribution in [0.15, 0.2) is 52.4 Å². The number of thioether (sulfide) groups is 1. The number of aliphatic imine (C=N–C) groups is 1. The van der Waals surface area contributed by atoms with Gasteiger partial charge in [0, 0.05) is 16.0 Å². The lowest BCUT2D eigenvalue weighted by atomic mass is 10.2. The minimum absolute atomic E-state index is 0.0317. The van der Waals surface area contributed by atoms with Crippen LogP contribution in [-0.4, -0.2) is 14.3 Å². The van der Waals surface area contributed by atoms with Crippen molar-refractivity contribution >= 4 is 56.5 Å². The molecule has 0 heterocycles. The molecule has 0 bridgehead atoms. The zero-order valence-electron chi connectivity index (χ0n) is 11.2. The van der Waals surface area contributed by atoms with Crippen LogP contribution in [-0.2, 0) is 0 Å². The Morgan fingerprint density at radius 2 is 1.70 bits per heavy atom. The molecule has 0 unspecified atom stereocenters. The van der Waals surface area contributed by atoms with E-state index in [1.807, 2.05) is 0 Å². The largest absolute Gasteiger partial charge is 0.301 e. The van der Waals surface area contributed by atoms with E-state index in [0.717, 1.165) is 28.8 Å². The van der Waals surface area contributed by atoms with Crippen LogP contribution in [0.2, 0.25) is 5.02 Å². The minimum Gasteiger partial charge on any atom is -0.258 e. The summed E-state index contributed by atoms with van der Waals surface area (Å²) in [6, 6.07) is 9.93. The fourth-order valence-corrected chi connectivity index (χ4v) is 2.68. The maximum Gasteiger partial charge on any atom is 0.301 e. The Kier molecular flexibility index (Phi) is 5.54. The second-order valence-electron chi connectivity index (χ2n) is 4.11. The van der Waals surface area contributed by atoms with Crippen molar-refractivity contribution in [2.24, 2.45) is 4.99 Å². The lowest BCUT2D eigenvalue weighted by Gasteiger charge is -2.01. The molecule has 0 N–H and O–H groups in total. The van der Waals surface area contributed by atoms with Gasteiger partial charge in [-0.25, -0.2) is 4.99 Å². The zero-order chi connectivity index (χ0) is 17.0. The van der Waals surface area contributed by atoms with E-state index >= 15 is 0 Å². The van der Waals surface area contributed by atoms with E-state index in [-0.39, 0.29) is 10.2 Å². The topological polar surface area (TPSA) is 98.6 Å². The third kappa shape index (κ3) is 4.65. The molecule has 0 fully saturated rings. The van der Waals surface area contributed by atoms with Gasteiger partial charge in [-0.2, -0.15) is 0 Å². The van der Waals surface area contributed by atoms with Gasteiger partial charge in [-0.05, 0) is 30.3 Å². The Morgan fingerprint density at radius 1 is 1.04 bits per heavy atom. The van der Waals surface area contributed by atoms with Crippen molar-refractivity contribution < 1.29 is 9.85 Å². The number of hydrogen-bond donors (Lipinski definition) is 0. The van der Waals surface area contributed by atoms with Crippen LogP contribution in [0.25, 0.3) is 0 Å². The normalized spacial score (nSPS) is 11.3. The van der Waals surface area contributed by atoms with Gasteiger partial charge in [-0.15, -0.1) is 0 Å². The minimum atomic E-state index is -0.747. The quantitative estimate of drug-likeness (QED) is 0.242. The number of rotatable bonds is 4. The zero-order valence-corrected chi connectivity index (χ0v) is 13.5. The molecule has 0 aliphatic rings. The molecule has 10 heteroatoms. The van der Waals surface area contributed by atoms with Gasteiger partial charge >= 0.3 is 5.69 Å². The highest BCUT2D eigenvalue weighted by molar-refractivity contribution is 8.16. The van der Waals surface area contributed by atoms with E-state index in [2.05, 4.69) is 4.99 Å². The first-order valence-electron chi connectivity index (χ1n) is 5.97. The number of benzene rings is 2. The smallest absolute Gasteiger partial charge is 0.258 e. The first kappa shape index (κ1) is 17.2. The summed E-state index contributed by atoms with van der Waals surface area (Å²) in [4.78, 5) is 24.9. The molecular formula is C13H7Cl2N3O4S.